The van der Waals surface area contributed by atoms with Crippen molar-refractivity contribution in [3.05, 3.63) is 63.9 Å². The number of aromatic nitrogens is 2. The second-order valence-electron chi connectivity index (χ2n) is 7.40. The lowest BCUT2D eigenvalue weighted by Gasteiger charge is -2.40. The number of para-hydroxylation sites is 1. The number of benzene rings is 2. The third-order valence-corrected chi connectivity index (χ3v) is 6.24. The Labute approximate surface area is 184 Å². The molecule has 2 unspecified atom stereocenters. The fourth-order valence-corrected chi connectivity index (χ4v) is 4.76. The van der Waals surface area contributed by atoms with Crippen LogP contribution in [0.25, 0.3) is 11.0 Å². The number of fused-ring (bicyclic) bond motifs is 2. The monoisotopic (exact) mass is 469 g/mol. The van der Waals surface area contributed by atoms with Crippen LogP contribution in [0.2, 0.25) is 0 Å². The number of rotatable bonds is 5. The molecule has 6 nitrogen and oxygen atoms in total. The van der Waals surface area contributed by atoms with Gasteiger partial charge in [0.1, 0.15) is 23.3 Å². The number of imidazole rings is 1. The summed E-state index contributed by atoms with van der Waals surface area (Å²) in [6.45, 7) is 4.62. The molecule has 156 valence electrons. The number of halogens is 1. The Morgan fingerprint density at radius 3 is 2.63 bits per heavy atom. The van der Waals surface area contributed by atoms with Crippen molar-refractivity contribution < 1.29 is 14.3 Å². The minimum Gasteiger partial charge on any atom is -0.465 e. The van der Waals surface area contributed by atoms with Gasteiger partial charge in [0.25, 0.3) is 5.91 Å². The smallest absolute Gasteiger partial charge is 0.316 e. The van der Waals surface area contributed by atoms with E-state index in [1.54, 1.807) is 17.9 Å². The van der Waals surface area contributed by atoms with Gasteiger partial charge in [0, 0.05) is 23.6 Å². The van der Waals surface area contributed by atoms with E-state index in [4.69, 9.17) is 9.72 Å². The van der Waals surface area contributed by atoms with Gasteiger partial charge in [-0.15, -0.1) is 0 Å². The number of ether oxygens (including phenoxy) is 1. The first-order chi connectivity index (χ1) is 14.5. The first kappa shape index (κ1) is 20.6. The van der Waals surface area contributed by atoms with Crippen LogP contribution in [0.4, 0.5) is 0 Å². The molecule has 0 bridgehead atoms. The van der Waals surface area contributed by atoms with Crippen molar-refractivity contribution >= 4 is 38.8 Å². The van der Waals surface area contributed by atoms with E-state index in [-0.39, 0.29) is 18.5 Å². The van der Waals surface area contributed by atoms with Gasteiger partial charge < -0.3 is 14.2 Å². The van der Waals surface area contributed by atoms with Crippen molar-refractivity contribution in [1.82, 2.24) is 14.5 Å². The number of aryl methyl sites for hydroxylation is 1. The fraction of sp³-hybridized carbons (Fsp3) is 0.348. The zero-order valence-electron chi connectivity index (χ0n) is 17.3. The summed E-state index contributed by atoms with van der Waals surface area (Å²) >= 11 is 3.57. The minimum atomic E-state index is -0.639. The Kier molecular flexibility index (Phi) is 5.64. The molecule has 1 aromatic heterocycles. The standard InChI is InChI=1S/C23H24BrN3O3/c1-4-13-27-20(21-25-19-16(24)11-8-12-17(19)26(21)3)18(23(29)30-5-2)14-9-6-7-10-15(14)22(27)28/h6-12,18,20H,4-5,13H2,1-3H3. The molecule has 30 heavy (non-hydrogen) atoms. The molecule has 0 spiro atoms. The van der Waals surface area contributed by atoms with Gasteiger partial charge in [0.15, 0.2) is 0 Å². The van der Waals surface area contributed by atoms with E-state index in [9.17, 15) is 9.59 Å². The average molecular weight is 470 g/mol. The summed E-state index contributed by atoms with van der Waals surface area (Å²) in [5.74, 6) is -0.385. The highest BCUT2D eigenvalue weighted by molar-refractivity contribution is 9.10. The number of hydrogen-bond acceptors (Lipinski definition) is 4. The van der Waals surface area contributed by atoms with E-state index < -0.39 is 12.0 Å². The molecular formula is C23H24BrN3O3. The van der Waals surface area contributed by atoms with Crippen LogP contribution >= 0.6 is 15.9 Å². The molecule has 0 saturated carbocycles. The number of carbonyl (C=O) groups excluding carboxylic acids is 2. The summed E-state index contributed by atoms with van der Waals surface area (Å²) in [6, 6.07) is 12.7. The lowest BCUT2D eigenvalue weighted by atomic mass is 9.82. The maximum atomic E-state index is 13.4. The Morgan fingerprint density at radius 2 is 1.93 bits per heavy atom. The van der Waals surface area contributed by atoms with Gasteiger partial charge in [-0.3, -0.25) is 9.59 Å². The van der Waals surface area contributed by atoms with E-state index in [0.717, 1.165) is 21.9 Å². The van der Waals surface area contributed by atoms with Crippen LogP contribution in [0, 0.1) is 0 Å². The Morgan fingerprint density at radius 1 is 1.17 bits per heavy atom. The third-order valence-electron chi connectivity index (χ3n) is 5.61. The largest absolute Gasteiger partial charge is 0.465 e. The quantitative estimate of drug-likeness (QED) is 0.512. The normalized spacial score (nSPS) is 18.5. The second kappa shape index (κ2) is 8.22. The summed E-state index contributed by atoms with van der Waals surface area (Å²) in [4.78, 5) is 33.3. The Hall–Kier alpha value is -2.67. The lowest BCUT2D eigenvalue weighted by molar-refractivity contribution is -0.147. The molecule has 0 radical (unpaired) electrons. The van der Waals surface area contributed by atoms with E-state index in [0.29, 0.717) is 23.5 Å². The van der Waals surface area contributed by atoms with Gasteiger partial charge >= 0.3 is 5.97 Å². The Balaban J connectivity index is 1.98. The molecule has 3 aromatic rings. The average Bonchev–Trinajstić information content (AvgIpc) is 3.08. The fourth-order valence-electron chi connectivity index (χ4n) is 4.31. The number of amides is 1. The number of esters is 1. The van der Waals surface area contributed by atoms with Crippen LogP contribution in [0.1, 0.15) is 54.0 Å². The van der Waals surface area contributed by atoms with E-state index >= 15 is 0 Å². The van der Waals surface area contributed by atoms with E-state index in [1.807, 2.05) is 54.9 Å². The van der Waals surface area contributed by atoms with Crippen LogP contribution < -0.4 is 0 Å². The third kappa shape index (κ3) is 3.21. The lowest BCUT2D eigenvalue weighted by Crippen LogP contribution is -2.46. The molecule has 0 fully saturated rings. The second-order valence-corrected chi connectivity index (χ2v) is 8.25. The van der Waals surface area contributed by atoms with Gasteiger partial charge in [-0.05, 0) is 53.0 Å². The number of nitrogens with zero attached hydrogens (tertiary/aromatic N) is 3. The first-order valence-corrected chi connectivity index (χ1v) is 11.0. The van der Waals surface area contributed by atoms with Gasteiger partial charge in [-0.25, -0.2) is 4.98 Å². The van der Waals surface area contributed by atoms with Crippen LogP contribution in [0.5, 0.6) is 0 Å². The van der Waals surface area contributed by atoms with Crippen molar-refractivity contribution in [3.63, 3.8) is 0 Å². The maximum Gasteiger partial charge on any atom is 0.316 e. The number of hydrogen-bond donors (Lipinski definition) is 0. The highest BCUT2D eigenvalue weighted by Crippen LogP contribution is 2.44. The molecule has 1 aliphatic heterocycles. The van der Waals surface area contributed by atoms with Crippen molar-refractivity contribution in [2.45, 2.75) is 32.2 Å². The first-order valence-electron chi connectivity index (χ1n) is 10.2. The molecule has 0 N–H and O–H groups in total. The van der Waals surface area contributed by atoms with Crippen LogP contribution in [-0.2, 0) is 16.6 Å². The molecule has 2 atom stereocenters. The van der Waals surface area contributed by atoms with E-state index in [1.165, 1.54) is 0 Å². The van der Waals surface area contributed by atoms with Gasteiger partial charge in [-0.2, -0.15) is 0 Å². The molecule has 0 aliphatic carbocycles. The summed E-state index contributed by atoms with van der Waals surface area (Å²) < 4.78 is 8.31. The van der Waals surface area contributed by atoms with Gasteiger partial charge in [-0.1, -0.05) is 31.2 Å². The summed E-state index contributed by atoms with van der Waals surface area (Å²) in [7, 11) is 1.93. The minimum absolute atomic E-state index is 0.0795. The molecule has 0 saturated heterocycles. The zero-order valence-corrected chi connectivity index (χ0v) is 18.8. The zero-order chi connectivity index (χ0) is 21.4. The van der Waals surface area contributed by atoms with Gasteiger partial charge in [0.05, 0.1) is 12.1 Å². The van der Waals surface area contributed by atoms with Crippen molar-refractivity contribution in [1.29, 1.82) is 0 Å². The molecular weight excluding hydrogens is 446 g/mol. The SMILES string of the molecule is CCCN1C(=O)c2ccccc2C(C(=O)OCC)C1c1nc2c(Br)cccc2n1C. The molecule has 1 amide bonds. The summed E-state index contributed by atoms with van der Waals surface area (Å²) in [6.07, 6.45) is 0.771. The van der Waals surface area contributed by atoms with Crippen LogP contribution in [-0.4, -0.2) is 39.5 Å². The maximum absolute atomic E-state index is 13.4. The van der Waals surface area contributed by atoms with E-state index in [2.05, 4.69) is 15.9 Å². The summed E-state index contributed by atoms with van der Waals surface area (Å²) in [5.41, 5.74) is 3.00. The predicted molar refractivity (Wildman–Crippen MR) is 118 cm³/mol. The predicted octanol–water partition coefficient (Wildman–Crippen LogP) is 4.59. The molecule has 2 aromatic carbocycles. The molecule has 1 aliphatic rings. The molecule has 7 heteroatoms. The van der Waals surface area contributed by atoms with Crippen molar-refractivity contribution in [2.75, 3.05) is 13.2 Å². The summed E-state index contributed by atoms with van der Waals surface area (Å²) in [5, 5.41) is 0. The van der Waals surface area contributed by atoms with Crippen molar-refractivity contribution in [3.8, 4) is 0 Å². The van der Waals surface area contributed by atoms with Crippen LogP contribution in [0.3, 0.4) is 0 Å². The molecule has 2 heterocycles. The number of carbonyl (C=O) groups is 2. The molecule has 4 rings (SSSR count). The Bertz CT molecular complexity index is 1120. The topological polar surface area (TPSA) is 64.4 Å². The van der Waals surface area contributed by atoms with Crippen LogP contribution in [0.15, 0.2) is 46.9 Å². The van der Waals surface area contributed by atoms with Crippen molar-refractivity contribution in [2.24, 2.45) is 7.05 Å². The highest BCUT2D eigenvalue weighted by atomic mass is 79.9. The van der Waals surface area contributed by atoms with Gasteiger partial charge in [0.2, 0.25) is 0 Å². The highest BCUT2D eigenvalue weighted by Gasteiger charge is 2.46.